The van der Waals surface area contributed by atoms with E-state index in [2.05, 4.69) is 104 Å². The maximum Gasteiger partial charge on any atom is 0.400 e. The summed E-state index contributed by atoms with van der Waals surface area (Å²) in [5, 5.41) is 0. The minimum absolute atomic E-state index is 0. The van der Waals surface area contributed by atoms with Crippen LogP contribution in [-0.4, -0.2) is 55.6 Å². The Labute approximate surface area is 616 Å². The van der Waals surface area contributed by atoms with Gasteiger partial charge < -0.3 is 0 Å². The van der Waals surface area contributed by atoms with Crippen molar-refractivity contribution >= 4 is 0 Å². The molecule has 0 aromatic heterocycles. The van der Waals surface area contributed by atoms with E-state index < -0.39 is 118 Å². The second-order valence-corrected chi connectivity index (χ2v) is 27.3. The normalized spacial score (nSPS) is 12.7. The van der Waals surface area contributed by atoms with Crippen molar-refractivity contribution < 1.29 is 119 Å². The number of halogens is 27. The third-order valence-electron chi connectivity index (χ3n) is 14.2. The molecular formula is C76H161F27. The minimum atomic E-state index is -5.17. The van der Waals surface area contributed by atoms with Gasteiger partial charge in [0.2, 0.25) is 0 Å². The second-order valence-electron chi connectivity index (χ2n) is 27.3. The van der Waals surface area contributed by atoms with E-state index >= 15 is 0 Å². The zero-order chi connectivity index (χ0) is 79.8. The molecule has 0 unspecified atom stereocenters. The monoisotopic (exact) mass is 1590 g/mol. The van der Waals surface area contributed by atoms with E-state index in [1.807, 2.05) is 27.7 Å². The summed E-state index contributed by atoms with van der Waals surface area (Å²) < 4.78 is 313. The van der Waals surface area contributed by atoms with Crippen LogP contribution in [0.3, 0.4) is 0 Å². The Morgan fingerprint density at radius 2 is 0.476 bits per heavy atom. The van der Waals surface area contributed by atoms with Crippen LogP contribution in [0.2, 0.25) is 0 Å². The van der Waals surface area contributed by atoms with Gasteiger partial charge in [0.1, 0.15) is 0 Å². The molecule has 0 radical (unpaired) electrons. The van der Waals surface area contributed by atoms with Gasteiger partial charge >= 0.3 is 55.6 Å². The molecule has 0 bridgehead atoms. The van der Waals surface area contributed by atoms with E-state index in [1.54, 1.807) is 13.8 Å². The van der Waals surface area contributed by atoms with E-state index in [1.165, 1.54) is 46.5 Å². The van der Waals surface area contributed by atoms with Gasteiger partial charge in [0.25, 0.3) is 0 Å². The van der Waals surface area contributed by atoms with Gasteiger partial charge in [0, 0.05) is 25.7 Å². The SMILES string of the molecule is C.C.C.C.C.C.C.CC(C)C(C)C.CCC(C)(C)C.CCC(C)(C)C.CCC(C)CC.CCCC(C(F)(F)F)C(F)(F)F.CCCCCC(F)(F)F.CCCCCCC(F)(F)F.CCCC[C@H](C)C(F)(F)F.CCC[C@H](C)C(F)(F)F.CCC[C@H](C)CC(F)(F)F.C[C@@H](CCC(F)(F)F)C(F)(F)F. The first-order valence-electron chi connectivity index (χ1n) is 34.0. The van der Waals surface area contributed by atoms with E-state index in [9.17, 15) is 119 Å². The Hall–Kier alpha value is -1.89. The quantitative estimate of drug-likeness (QED) is 0.0749. The average Bonchev–Trinajstić information content (AvgIpc) is 0.838. The summed E-state index contributed by atoms with van der Waals surface area (Å²) in [6.07, 6.45) is -30.4. The lowest BCUT2D eigenvalue weighted by Crippen LogP contribution is -2.36. The van der Waals surface area contributed by atoms with Crippen molar-refractivity contribution in [1.82, 2.24) is 0 Å². The third kappa shape index (κ3) is 154. The van der Waals surface area contributed by atoms with Gasteiger partial charge in [-0.25, -0.2) is 0 Å². The molecule has 0 rings (SSSR count). The summed E-state index contributed by atoms with van der Waals surface area (Å²) >= 11 is 0. The molecule has 0 aliphatic heterocycles. The summed E-state index contributed by atoms with van der Waals surface area (Å²) in [5.41, 5.74) is 1.08. The Balaban J connectivity index is -0.0000000483. The number of alkyl halides is 27. The molecule has 0 amide bonds. The topological polar surface area (TPSA) is 0 Å². The molecule has 103 heavy (non-hydrogen) atoms. The fourth-order valence-electron chi connectivity index (χ4n) is 5.22. The van der Waals surface area contributed by atoms with E-state index in [4.69, 9.17) is 0 Å². The van der Waals surface area contributed by atoms with Crippen LogP contribution < -0.4 is 0 Å². The van der Waals surface area contributed by atoms with Gasteiger partial charge in [-0.2, -0.15) is 119 Å². The molecular weight excluding hydrogens is 1430 g/mol. The van der Waals surface area contributed by atoms with Crippen LogP contribution in [0.4, 0.5) is 119 Å². The van der Waals surface area contributed by atoms with E-state index in [0.29, 0.717) is 42.9 Å². The Kier molecular flexibility index (Phi) is 109. The van der Waals surface area contributed by atoms with Gasteiger partial charge in [0.05, 0.1) is 17.8 Å². The molecule has 0 aliphatic rings. The van der Waals surface area contributed by atoms with E-state index in [0.717, 1.165) is 56.8 Å². The fourth-order valence-corrected chi connectivity index (χ4v) is 5.22. The van der Waals surface area contributed by atoms with Crippen LogP contribution in [0.25, 0.3) is 0 Å². The maximum absolute atomic E-state index is 11.8. The number of unbranched alkanes of at least 4 members (excludes halogenated alkanes) is 6. The molecule has 654 valence electrons. The Morgan fingerprint density at radius 3 is 0.641 bits per heavy atom. The summed E-state index contributed by atoms with van der Waals surface area (Å²) in [6, 6.07) is 0. The van der Waals surface area contributed by atoms with Crippen LogP contribution in [-0.2, 0) is 0 Å². The lowest BCUT2D eigenvalue weighted by Gasteiger charge is -2.21. The lowest BCUT2D eigenvalue weighted by atomic mass is 9.94. The summed E-state index contributed by atoms with van der Waals surface area (Å²) in [5.74, 6) is -4.91. The van der Waals surface area contributed by atoms with Crippen LogP contribution in [0.15, 0.2) is 0 Å². The largest absolute Gasteiger partial charge is 0.400 e. The molecule has 0 nitrogen and oxygen atoms in total. The highest BCUT2D eigenvalue weighted by Crippen LogP contribution is 2.42. The van der Waals surface area contributed by atoms with Gasteiger partial charge in [-0.15, -0.1) is 0 Å². The smallest absolute Gasteiger partial charge is 0.171 e. The first-order valence-corrected chi connectivity index (χ1v) is 34.0. The molecule has 0 spiro atoms. The summed E-state index contributed by atoms with van der Waals surface area (Å²) in [4.78, 5) is 0. The molecule has 0 saturated carbocycles. The predicted molar refractivity (Wildman–Crippen MR) is 392 cm³/mol. The average molecular weight is 1590 g/mol. The fraction of sp³-hybridized carbons (Fsp3) is 1.00. The van der Waals surface area contributed by atoms with Crippen LogP contribution in [0.5, 0.6) is 0 Å². The van der Waals surface area contributed by atoms with Gasteiger partial charge in [-0.3, -0.25) is 0 Å². The van der Waals surface area contributed by atoms with E-state index in [-0.39, 0.29) is 90.0 Å². The van der Waals surface area contributed by atoms with Crippen molar-refractivity contribution in [3.63, 3.8) is 0 Å². The lowest BCUT2D eigenvalue weighted by molar-refractivity contribution is -0.285. The van der Waals surface area contributed by atoms with Crippen molar-refractivity contribution in [3.05, 3.63) is 0 Å². The minimum Gasteiger partial charge on any atom is -0.171 e. The van der Waals surface area contributed by atoms with Gasteiger partial charge in [-0.05, 0) is 73.0 Å². The molecule has 0 aromatic carbocycles. The van der Waals surface area contributed by atoms with Crippen molar-refractivity contribution in [2.75, 3.05) is 0 Å². The Bertz CT molecular complexity index is 1510. The number of hydrogen-bond donors (Lipinski definition) is 0. The first-order chi connectivity index (χ1) is 42.4. The summed E-state index contributed by atoms with van der Waals surface area (Å²) in [6.45, 7) is 49.1. The van der Waals surface area contributed by atoms with Crippen molar-refractivity contribution in [3.8, 4) is 0 Å². The van der Waals surface area contributed by atoms with Crippen molar-refractivity contribution in [2.24, 2.45) is 58.2 Å². The molecule has 0 heterocycles. The maximum atomic E-state index is 11.8. The van der Waals surface area contributed by atoms with Crippen LogP contribution in [0.1, 0.15) is 386 Å². The molecule has 0 saturated heterocycles. The van der Waals surface area contributed by atoms with Crippen molar-refractivity contribution in [2.45, 2.75) is 441 Å². The standard InChI is InChI=1S/3C7H13F3.2C6H8F6.2C6H11F3.4C6H14.7CH4/c1-3-4-6(2)5-7(8,9)10;1-3-4-5-6(2)7(8,9)10;1-2-3-4-5-6-7(8,9)10;1-4(6(10,11)12)2-3-5(7,8)9;1-2-3-4(5(7,8)9)6(10,11)12;1-3-4-5(2)6(7,8)9;1-2-3-4-5-6(7,8)9;2*1-5-6(2,3)4;1-5(2)6(3)4;1-4-6(3)5-2;;;;;;;/h2*6H,3-5H2,1-2H3;2-6H2,1H3;2*4H,2-3H2,1H3;5H,3-4H2,1-2H3;2-5H2,1H3;2*5H2,1-4H3;5-6H,1-4H3;6H,4-5H2,1-3H3;7*1H4/t2*6-;;4-;;5-;;;;;;;;;;;;/m00.0.0............/s1. The highest BCUT2D eigenvalue weighted by molar-refractivity contribution is 4.74. The highest BCUT2D eigenvalue weighted by atomic mass is 19.4. The molecule has 0 aliphatic carbocycles. The molecule has 27 heteroatoms. The zero-order valence-corrected chi connectivity index (χ0v) is 63.0. The molecule has 0 N–H and O–H groups in total. The van der Waals surface area contributed by atoms with Gasteiger partial charge in [-0.1, -0.05) is 321 Å². The zero-order valence-electron chi connectivity index (χ0n) is 63.0. The number of hydrogen-bond acceptors (Lipinski definition) is 0. The highest BCUT2D eigenvalue weighted by Gasteiger charge is 2.55. The summed E-state index contributed by atoms with van der Waals surface area (Å²) in [7, 11) is 0. The van der Waals surface area contributed by atoms with Crippen molar-refractivity contribution in [1.29, 1.82) is 0 Å². The first kappa shape index (κ1) is 147. The Morgan fingerprint density at radius 1 is 0.233 bits per heavy atom. The second kappa shape index (κ2) is 76.9. The third-order valence-corrected chi connectivity index (χ3v) is 14.2. The van der Waals surface area contributed by atoms with Gasteiger partial charge in [0.15, 0.2) is 5.92 Å². The van der Waals surface area contributed by atoms with Crippen LogP contribution >= 0.6 is 0 Å². The molecule has 0 aromatic rings. The van der Waals surface area contributed by atoms with Crippen LogP contribution in [0, 0.1) is 58.2 Å². The molecule has 4 atom stereocenters. The molecule has 0 fully saturated rings. The number of rotatable bonds is 22. The predicted octanol–water partition coefficient (Wildman–Crippen LogP) is 37.5.